The number of hydrogen-bond acceptors (Lipinski definition) is 4. The van der Waals surface area contributed by atoms with Crippen LogP contribution in [0.4, 0.5) is 0 Å². The summed E-state index contributed by atoms with van der Waals surface area (Å²) in [4.78, 5) is 12.7. The summed E-state index contributed by atoms with van der Waals surface area (Å²) in [6, 6.07) is 10.9. The van der Waals surface area contributed by atoms with Crippen molar-refractivity contribution in [2.75, 3.05) is 19.6 Å². The van der Waals surface area contributed by atoms with Gasteiger partial charge in [0.2, 0.25) is 15.9 Å². The van der Waals surface area contributed by atoms with E-state index in [0.717, 1.165) is 23.2 Å². The minimum absolute atomic E-state index is 0.0130. The van der Waals surface area contributed by atoms with E-state index >= 15 is 0 Å². The van der Waals surface area contributed by atoms with E-state index in [1.165, 1.54) is 4.31 Å². The number of hydrogen-bond donors (Lipinski definition) is 1. The van der Waals surface area contributed by atoms with E-state index in [1.54, 1.807) is 18.4 Å². The molecule has 0 unspecified atom stereocenters. The van der Waals surface area contributed by atoms with Crippen molar-refractivity contribution in [1.82, 2.24) is 14.2 Å². The van der Waals surface area contributed by atoms with E-state index in [2.05, 4.69) is 16.8 Å². The lowest BCUT2D eigenvalue weighted by molar-refractivity contribution is -0.126. The SMILES string of the molecule is CCn1ccc2cc(S(=O)(=O)N3CCC(C(=O)NCCc4ccco4)CC3)ccc21. The molecule has 160 valence electrons. The molecule has 4 rings (SSSR count). The molecule has 1 aliphatic rings. The lowest BCUT2D eigenvalue weighted by Crippen LogP contribution is -2.43. The highest BCUT2D eigenvalue weighted by Crippen LogP contribution is 2.27. The number of piperidine rings is 1. The summed E-state index contributed by atoms with van der Waals surface area (Å²) in [5.41, 5.74) is 1.03. The first-order valence-corrected chi connectivity index (χ1v) is 11.8. The van der Waals surface area contributed by atoms with E-state index in [4.69, 9.17) is 4.42 Å². The molecule has 3 aromatic rings. The number of aryl methyl sites for hydroxylation is 1. The Kier molecular flexibility index (Phi) is 5.97. The summed E-state index contributed by atoms with van der Waals surface area (Å²) in [6.07, 6.45) is 5.29. The first-order valence-electron chi connectivity index (χ1n) is 10.4. The van der Waals surface area contributed by atoms with Crippen molar-refractivity contribution < 1.29 is 17.6 Å². The van der Waals surface area contributed by atoms with Gasteiger partial charge in [0.15, 0.2) is 0 Å². The van der Waals surface area contributed by atoms with Gasteiger partial charge in [-0.3, -0.25) is 4.79 Å². The molecule has 30 heavy (non-hydrogen) atoms. The highest BCUT2D eigenvalue weighted by molar-refractivity contribution is 7.89. The lowest BCUT2D eigenvalue weighted by Gasteiger charge is -2.30. The Morgan fingerprint density at radius 1 is 1.20 bits per heavy atom. The highest BCUT2D eigenvalue weighted by Gasteiger charge is 2.32. The quantitative estimate of drug-likeness (QED) is 0.626. The summed E-state index contributed by atoms with van der Waals surface area (Å²) in [7, 11) is -3.57. The van der Waals surface area contributed by atoms with Crippen molar-refractivity contribution in [2.45, 2.75) is 37.6 Å². The van der Waals surface area contributed by atoms with Gasteiger partial charge in [0.05, 0.1) is 11.2 Å². The highest BCUT2D eigenvalue weighted by atomic mass is 32.2. The van der Waals surface area contributed by atoms with E-state index in [9.17, 15) is 13.2 Å². The molecule has 1 amide bonds. The molecule has 1 fully saturated rings. The Labute approximate surface area is 176 Å². The molecule has 1 N–H and O–H groups in total. The Morgan fingerprint density at radius 2 is 2.00 bits per heavy atom. The predicted octanol–water partition coefficient (Wildman–Crippen LogP) is 3.01. The zero-order chi connectivity index (χ0) is 21.1. The summed E-state index contributed by atoms with van der Waals surface area (Å²) < 4.78 is 35.0. The van der Waals surface area contributed by atoms with Crippen LogP contribution < -0.4 is 5.32 Å². The smallest absolute Gasteiger partial charge is 0.243 e. The van der Waals surface area contributed by atoms with Gasteiger partial charge in [0.25, 0.3) is 0 Å². The molecular formula is C22H27N3O4S. The standard InChI is InChI=1S/C22H27N3O4S/c1-2-24-12-8-18-16-20(5-6-21(18)24)30(27,28)25-13-9-17(10-14-25)22(26)23-11-7-19-4-3-15-29-19/h3-6,8,12,15-17H,2,7,9-11,13-14H2,1H3,(H,23,26). The van der Waals surface area contributed by atoms with E-state index in [-0.39, 0.29) is 11.8 Å². The molecule has 0 atom stereocenters. The van der Waals surface area contributed by atoms with Crippen molar-refractivity contribution in [3.8, 4) is 0 Å². The van der Waals surface area contributed by atoms with Crippen molar-refractivity contribution in [3.05, 3.63) is 54.6 Å². The number of carbonyl (C=O) groups is 1. The molecule has 3 heterocycles. The van der Waals surface area contributed by atoms with Crippen LogP contribution in [0.2, 0.25) is 0 Å². The van der Waals surface area contributed by atoms with Gasteiger partial charge < -0.3 is 14.3 Å². The van der Waals surface area contributed by atoms with Crippen LogP contribution in [-0.4, -0.2) is 42.8 Å². The maximum Gasteiger partial charge on any atom is 0.243 e. The average molecular weight is 430 g/mol. The van der Waals surface area contributed by atoms with Gasteiger partial charge in [-0.25, -0.2) is 8.42 Å². The molecule has 8 heteroatoms. The van der Waals surface area contributed by atoms with Crippen LogP contribution in [0.25, 0.3) is 10.9 Å². The molecule has 0 saturated carbocycles. The number of amides is 1. The van der Waals surface area contributed by atoms with Crippen LogP contribution in [0.3, 0.4) is 0 Å². The molecule has 0 aliphatic carbocycles. The third-order valence-corrected chi connectivity index (χ3v) is 7.69. The number of benzene rings is 1. The summed E-state index contributed by atoms with van der Waals surface area (Å²) in [5, 5.41) is 3.85. The fourth-order valence-electron chi connectivity index (χ4n) is 4.03. The average Bonchev–Trinajstić information content (AvgIpc) is 3.42. The monoisotopic (exact) mass is 429 g/mol. The largest absolute Gasteiger partial charge is 0.469 e. The number of furan rings is 1. The second-order valence-corrected chi connectivity index (χ2v) is 9.56. The van der Waals surface area contributed by atoms with Crippen LogP contribution in [0.15, 0.2) is 58.2 Å². The lowest BCUT2D eigenvalue weighted by atomic mass is 9.97. The van der Waals surface area contributed by atoms with Crippen LogP contribution in [0.1, 0.15) is 25.5 Å². The van der Waals surface area contributed by atoms with Crippen molar-refractivity contribution in [2.24, 2.45) is 5.92 Å². The van der Waals surface area contributed by atoms with Gasteiger partial charge in [-0.1, -0.05) is 0 Å². The second kappa shape index (κ2) is 8.65. The minimum Gasteiger partial charge on any atom is -0.469 e. The van der Waals surface area contributed by atoms with E-state index < -0.39 is 10.0 Å². The summed E-state index contributed by atoms with van der Waals surface area (Å²) in [6.45, 7) is 4.12. The molecule has 2 aromatic heterocycles. The molecule has 7 nitrogen and oxygen atoms in total. The van der Waals surface area contributed by atoms with Gasteiger partial charge >= 0.3 is 0 Å². The molecule has 1 aliphatic heterocycles. The van der Waals surface area contributed by atoms with Crippen LogP contribution in [0.5, 0.6) is 0 Å². The van der Waals surface area contributed by atoms with Crippen LogP contribution in [0, 0.1) is 5.92 Å². The number of aromatic nitrogens is 1. The molecule has 0 radical (unpaired) electrons. The molecule has 0 bridgehead atoms. The van der Waals surface area contributed by atoms with Gasteiger partial charge in [-0.15, -0.1) is 0 Å². The van der Waals surface area contributed by atoms with Gasteiger partial charge in [0, 0.05) is 55.6 Å². The van der Waals surface area contributed by atoms with Gasteiger partial charge in [-0.2, -0.15) is 4.31 Å². The predicted molar refractivity (Wildman–Crippen MR) is 115 cm³/mol. The van der Waals surface area contributed by atoms with Crippen molar-refractivity contribution in [3.63, 3.8) is 0 Å². The Bertz CT molecular complexity index is 1110. The molecule has 0 spiro atoms. The second-order valence-electron chi connectivity index (χ2n) is 7.62. The van der Waals surface area contributed by atoms with E-state index in [0.29, 0.717) is 43.8 Å². The topological polar surface area (TPSA) is 84.5 Å². The maximum atomic E-state index is 13.1. The van der Waals surface area contributed by atoms with Gasteiger partial charge in [0.1, 0.15) is 5.76 Å². The van der Waals surface area contributed by atoms with E-state index in [1.807, 2.05) is 30.5 Å². The molecule has 1 saturated heterocycles. The fraction of sp³-hybridized carbons (Fsp3) is 0.409. The Morgan fingerprint density at radius 3 is 2.70 bits per heavy atom. The first kappa shape index (κ1) is 20.7. The summed E-state index contributed by atoms with van der Waals surface area (Å²) in [5.74, 6) is 0.664. The molecular weight excluding hydrogens is 402 g/mol. The van der Waals surface area contributed by atoms with Crippen LogP contribution >= 0.6 is 0 Å². The van der Waals surface area contributed by atoms with Crippen molar-refractivity contribution in [1.29, 1.82) is 0 Å². The number of carbonyl (C=O) groups excluding carboxylic acids is 1. The number of fused-ring (bicyclic) bond motifs is 1. The summed E-state index contributed by atoms with van der Waals surface area (Å²) >= 11 is 0. The molecule has 1 aromatic carbocycles. The Hall–Kier alpha value is -2.58. The maximum absolute atomic E-state index is 13.1. The number of rotatable bonds is 7. The Balaban J connectivity index is 1.35. The number of sulfonamides is 1. The third kappa shape index (κ3) is 4.15. The first-order chi connectivity index (χ1) is 14.5. The zero-order valence-electron chi connectivity index (χ0n) is 17.1. The normalized spacial score (nSPS) is 16.2. The fourth-order valence-corrected chi connectivity index (χ4v) is 5.54. The van der Waals surface area contributed by atoms with Gasteiger partial charge in [-0.05, 0) is 56.2 Å². The minimum atomic E-state index is -3.57. The van der Waals surface area contributed by atoms with Crippen LogP contribution in [-0.2, 0) is 27.8 Å². The number of nitrogens with zero attached hydrogens (tertiary/aromatic N) is 2. The zero-order valence-corrected chi connectivity index (χ0v) is 17.9. The number of nitrogens with one attached hydrogen (secondary N) is 1. The van der Waals surface area contributed by atoms with Crippen molar-refractivity contribution >= 4 is 26.8 Å². The third-order valence-electron chi connectivity index (χ3n) is 5.80.